The highest BCUT2D eigenvalue weighted by Gasteiger charge is 2.30. The maximum Gasteiger partial charge on any atom is 0.305 e. The van der Waals surface area contributed by atoms with Crippen LogP contribution in [0.3, 0.4) is 0 Å². The van der Waals surface area contributed by atoms with Crippen molar-refractivity contribution in [1.82, 2.24) is 0 Å². The molecule has 0 amide bonds. The van der Waals surface area contributed by atoms with Crippen molar-refractivity contribution >= 4 is 8.80 Å². The number of rotatable bonds is 12. The molecule has 1 aliphatic heterocycles. The number of unbranched alkanes of at least 4 members (excludes halogenated alkanes) is 3. The van der Waals surface area contributed by atoms with E-state index in [9.17, 15) is 13.2 Å². The Morgan fingerprint density at radius 3 is 2.36 bits per heavy atom. The minimum Gasteiger partial charge on any atom is -0.456 e. The van der Waals surface area contributed by atoms with Gasteiger partial charge < -0.3 is 4.74 Å². The molecule has 186 valence electrons. The standard InChI is InChI=1S/C28H43F3OSi/c1-2-3-6-17-33-18-15-25(16-19-33)24-12-9-22(10-13-24)7-4-5-8-23-11-14-27(26(29)20-23)32-21-28(30)31/h11,14,20-22,24-25,33H,2-10,12-13,15-19H2,1H3/t22-,24-,25?,33?. The quantitative estimate of drug-likeness (QED) is 0.164. The van der Waals surface area contributed by atoms with Crippen molar-refractivity contribution in [3.8, 4) is 5.75 Å². The monoisotopic (exact) mass is 480 g/mol. The molecule has 2 fully saturated rings. The molecule has 0 unspecified atom stereocenters. The first-order valence-electron chi connectivity index (χ1n) is 13.5. The Hall–Kier alpha value is -1.23. The van der Waals surface area contributed by atoms with Crippen LogP contribution in [0.25, 0.3) is 0 Å². The van der Waals surface area contributed by atoms with Crippen molar-refractivity contribution in [2.24, 2.45) is 17.8 Å². The lowest BCUT2D eigenvalue weighted by molar-refractivity contribution is 0.184. The molecule has 0 bridgehead atoms. The van der Waals surface area contributed by atoms with Gasteiger partial charge in [0.2, 0.25) is 0 Å². The molecular formula is C28H43F3OSi. The molecule has 1 aromatic carbocycles. The van der Waals surface area contributed by atoms with Gasteiger partial charge in [0.05, 0.1) is 0 Å². The number of benzene rings is 1. The summed E-state index contributed by atoms with van der Waals surface area (Å²) in [7, 11) is -0.386. The van der Waals surface area contributed by atoms with Crippen molar-refractivity contribution in [3.63, 3.8) is 0 Å². The summed E-state index contributed by atoms with van der Waals surface area (Å²) in [5.41, 5.74) is 0.905. The van der Waals surface area contributed by atoms with E-state index in [1.54, 1.807) is 24.2 Å². The third-order valence-electron chi connectivity index (χ3n) is 8.26. The summed E-state index contributed by atoms with van der Waals surface area (Å²) in [6.07, 6.45) is 15.7. The van der Waals surface area contributed by atoms with Gasteiger partial charge in [-0.3, -0.25) is 0 Å². The van der Waals surface area contributed by atoms with Crippen LogP contribution in [0.15, 0.2) is 30.5 Å². The molecule has 0 atom stereocenters. The second kappa shape index (κ2) is 14.2. The highest BCUT2D eigenvalue weighted by molar-refractivity contribution is 6.58. The second-order valence-electron chi connectivity index (χ2n) is 10.6. The second-order valence-corrected chi connectivity index (χ2v) is 14.1. The van der Waals surface area contributed by atoms with Crippen LogP contribution in [0.2, 0.25) is 18.1 Å². The maximum absolute atomic E-state index is 14.0. The molecule has 1 aliphatic carbocycles. The van der Waals surface area contributed by atoms with Crippen LogP contribution in [-0.4, -0.2) is 8.80 Å². The fourth-order valence-corrected chi connectivity index (χ4v) is 9.78. The van der Waals surface area contributed by atoms with E-state index >= 15 is 0 Å². The van der Waals surface area contributed by atoms with Gasteiger partial charge in [0.1, 0.15) is 0 Å². The lowest BCUT2D eigenvalue weighted by atomic mass is 9.73. The van der Waals surface area contributed by atoms with E-state index in [-0.39, 0.29) is 20.8 Å². The van der Waals surface area contributed by atoms with E-state index in [1.165, 1.54) is 82.8 Å². The van der Waals surface area contributed by atoms with Crippen LogP contribution in [0.4, 0.5) is 13.2 Å². The number of aryl methyl sites for hydroxylation is 1. The number of ether oxygens (including phenoxy) is 1. The van der Waals surface area contributed by atoms with Gasteiger partial charge >= 0.3 is 6.08 Å². The summed E-state index contributed by atoms with van der Waals surface area (Å²) < 4.78 is 42.8. The van der Waals surface area contributed by atoms with Crippen molar-refractivity contribution in [2.45, 2.75) is 109 Å². The van der Waals surface area contributed by atoms with E-state index in [1.807, 2.05) is 0 Å². The maximum atomic E-state index is 14.0. The third kappa shape index (κ3) is 9.14. The molecule has 5 heteroatoms. The fourth-order valence-electron chi connectivity index (χ4n) is 6.25. The zero-order valence-corrected chi connectivity index (χ0v) is 21.6. The van der Waals surface area contributed by atoms with Crippen molar-refractivity contribution < 1.29 is 17.9 Å². The van der Waals surface area contributed by atoms with E-state index in [0.29, 0.717) is 0 Å². The lowest BCUT2D eigenvalue weighted by Gasteiger charge is -2.37. The Kier molecular flexibility index (Phi) is 11.4. The first-order valence-corrected chi connectivity index (χ1v) is 16.0. The van der Waals surface area contributed by atoms with E-state index in [2.05, 4.69) is 11.7 Å². The molecule has 0 N–H and O–H groups in total. The molecule has 1 aromatic rings. The first kappa shape index (κ1) is 26.4. The van der Waals surface area contributed by atoms with Crippen LogP contribution in [-0.2, 0) is 6.42 Å². The fraction of sp³-hybridized carbons (Fsp3) is 0.714. The summed E-state index contributed by atoms with van der Waals surface area (Å²) >= 11 is 0. The van der Waals surface area contributed by atoms with Crippen LogP contribution >= 0.6 is 0 Å². The van der Waals surface area contributed by atoms with Gasteiger partial charge in [0, 0.05) is 8.80 Å². The molecule has 1 nitrogen and oxygen atoms in total. The summed E-state index contributed by atoms with van der Waals surface area (Å²) in [6.45, 7) is 2.31. The minimum atomic E-state index is -1.97. The van der Waals surface area contributed by atoms with Gasteiger partial charge in [0.15, 0.2) is 17.8 Å². The van der Waals surface area contributed by atoms with Crippen molar-refractivity contribution in [1.29, 1.82) is 0 Å². The molecule has 0 aromatic heterocycles. The van der Waals surface area contributed by atoms with Gasteiger partial charge in [-0.05, 0) is 61.1 Å². The first-order chi connectivity index (χ1) is 16.0. The molecule has 0 radical (unpaired) electrons. The average molecular weight is 481 g/mol. The van der Waals surface area contributed by atoms with Gasteiger partial charge in [0.25, 0.3) is 0 Å². The Balaban J connectivity index is 1.28. The number of hydrogen-bond acceptors (Lipinski definition) is 1. The third-order valence-corrected chi connectivity index (χ3v) is 11.8. The topological polar surface area (TPSA) is 9.23 Å². The van der Waals surface area contributed by atoms with E-state index in [4.69, 9.17) is 0 Å². The molecule has 33 heavy (non-hydrogen) atoms. The molecule has 1 saturated carbocycles. The van der Waals surface area contributed by atoms with Crippen LogP contribution < -0.4 is 4.74 Å². The Bertz CT molecular complexity index is 718. The normalized spacial score (nSPS) is 25.6. The minimum absolute atomic E-state index is 0.157. The van der Waals surface area contributed by atoms with Gasteiger partial charge in [-0.1, -0.05) is 88.9 Å². The average Bonchev–Trinajstić information content (AvgIpc) is 2.82. The molecule has 0 spiro atoms. The molecule has 1 saturated heterocycles. The van der Waals surface area contributed by atoms with Gasteiger partial charge in [-0.25, -0.2) is 4.39 Å². The Morgan fingerprint density at radius 1 is 0.970 bits per heavy atom. The van der Waals surface area contributed by atoms with Gasteiger partial charge in [-0.2, -0.15) is 8.78 Å². The predicted molar refractivity (Wildman–Crippen MR) is 134 cm³/mol. The van der Waals surface area contributed by atoms with Gasteiger partial charge in [-0.15, -0.1) is 0 Å². The van der Waals surface area contributed by atoms with E-state index < -0.39 is 11.9 Å². The highest BCUT2D eigenvalue weighted by Crippen LogP contribution is 2.42. The predicted octanol–water partition coefficient (Wildman–Crippen LogP) is 9.29. The summed E-state index contributed by atoms with van der Waals surface area (Å²) in [6, 6.07) is 9.46. The molecular weight excluding hydrogens is 437 g/mol. The molecule has 3 rings (SSSR count). The Labute approximate surface area is 200 Å². The van der Waals surface area contributed by atoms with Crippen molar-refractivity contribution in [2.75, 3.05) is 0 Å². The zero-order chi connectivity index (χ0) is 23.5. The van der Waals surface area contributed by atoms with Crippen LogP contribution in [0.1, 0.15) is 89.5 Å². The summed E-state index contributed by atoms with van der Waals surface area (Å²) in [5.74, 6) is 2.16. The largest absolute Gasteiger partial charge is 0.456 e. The molecule has 2 aliphatic rings. The number of halogens is 3. The SMILES string of the molecule is CCCCC[SiH]1CCC([C@H]2CC[C@H](CCCCc3ccc(OC=C(F)F)c(F)c3)CC2)CC1. The zero-order valence-electron chi connectivity index (χ0n) is 20.5. The summed E-state index contributed by atoms with van der Waals surface area (Å²) in [5, 5.41) is 0. The highest BCUT2D eigenvalue weighted by atomic mass is 28.3. The molecule has 1 heterocycles. The number of hydrogen-bond donors (Lipinski definition) is 0. The van der Waals surface area contributed by atoms with Crippen LogP contribution in [0.5, 0.6) is 5.75 Å². The Morgan fingerprint density at radius 2 is 1.70 bits per heavy atom. The van der Waals surface area contributed by atoms with Crippen LogP contribution in [0, 0.1) is 23.6 Å². The van der Waals surface area contributed by atoms with Crippen molar-refractivity contribution in [3.05, 3.63) is 41.9 Å². The summed E-state index contributed by atoms with van der Waals surface area (Å²) in [4.78, 5) is 0. The lowest BCUT2D eigenvalue weighted by Crippen LogP contribution is -2.28. The van der Waals surface area contributed by atoms with E-state index in [0.717, 1.165) is 36.2 Å². The smallest absolute Gasteiger partial charge is 0.305 e.